The maximum atomic E-state index is 11.8. The summed E-state index contributed by atoms with van der Waals surface area (Å²) in [6, 6.07) is 5.75. The van der Waals surface area contributed by atoms with Crippen molar-refractivity contribution >= 4 is 31.9 Å². The van der Waals surface area contributed by atoms with Crippen LogP contribution in [0.5, 0.6) is 5.75 Å². The predicted octanol–water partition coefficient (Wildman–Crippen LogP) is 3.69. The fourth-order valence-corrected chi connectivity index (χ4v) is 1.60. The van der Waals surface area contributed by atoms with E-state index in [1.54, 1.807) is 0 Å². The highest BCUT2D eigenvalue weighted by molar-refractivity contribution is 9.10. The summed E-state index contributed by atoms with van der Waals surface area (Å²) in [5, 5.41) is 0.770. The quantitative estimate of drug-likeness (QED) is 0.771. The Labute approximate surface area is 93.5 Å². The molecule has 0 amide bonds. The van der Waals surface area contributed by atoms with Crippen LogP contribution in [0.15, 0.2) is 22.7 Å². The first-order valence-electron chi connectivity index (χ1n) is 3.81. The van der Waals surface area contributed by atoms with E-state index in [1.807, 2.05) is 18.2 Å². The summed E-state index contributed by atoms with van der Waals surface area (Å²) in [6.45, 7) is -0.366. The molecule has 72 valence electrons. The summed E-state index contributed by atoms with van der Waals surface area (Å²) in [6.07, 6.45) is 0. The Hall–Kier alpha value is -0.0900. The molecule has 1 rings (SSSR count). The summed E-state index contributed by atoms with van der Waals surface area (Å²) < 4.78 is 17.9. The first-order chi connectivity index (χ1) is 6.27. The topological polar surface area (TPSA) is 9.23 Å². The van der Waals surface area contributed by atoms with Crippen LogP contribution in [0.3, 0.4) is 0 Å². The van der Waals surface area contributed by atoms with Gasteiger partial charge in [0.1, 0.15) is 19.0 Å². The second-order valence-electron chi connectivity index (χ2n) is 2.44. The summed E-state index contributed by atoms with van der Waals surface area (Å²) in [5.74, 6) is 0.689. The molecular formula is C9H9Br2FO. The minimum Gasteiger partial charge on any atom is -0.490 e. The largest absolute Gasteiger partial charge is 0.490 e. The highest BCUT2D eigenvalue weighted by Gasteiger charge is 2.01. The Kier molecular flexibility index (Phi) is 4.73. The number of hydrogen-bond donors (Lipinski definition) is 0. The third kappa shape index (κ3) is 3.27. The van der Waals surface area contributed by atoms with Gasteiger partial charge in [-0.3, -0.25) is 0 Å². The maximum absolute atomic E-state index is 11.8. The standard InChI is InChI=1S/C9H9Br2FO/c10-6-7-1-2-8(11)9(5-7)13-4-3-12/h1-2,5H,3-4,6H2. The fraction of sp³-hybridized carbons (Fsp3) is 0.333. The smallest absolute Gasteiger partial charge is 0.133 e. The third-order valence-electron chi connectivity index (χ3n) is 1.48. The monoisotopic (exact) mass is 310 g/mol. The molecule has 13 heavy (non-hydrogen) atoms. The number of rotatable bonds is 4. The van der Waals surface area contributed by atoms with Crippen molar-refractivity contribution in [3.05, 3.63) is 28.2 Å². The first kappa shape index (κ1) is 11.0. The Morgan fingerprint density at radius 1 is 1.38 bits per heavy atom. The van der Waals surface area contributed by atoms with Gasteiger partial charge in [-0.1, -0.05) is 22.0 Å². The number of alkyl halides is 2. The van der Waals surface area contributed by atoms with Crippen LogP contribution >= 0.6 is 31.9 Å². The van der Waals surface area contributed by atoms with Gasteiger partial charge in [0.25, 0.3) is 0 Å². The lowest BCUT2D eigenvalue weighted by molar-refractivity contribution is 0.272. The summed E-state index contributed by atoms with van der Waals surface area (Å²) >= 11 is 6.67. The molecule has 0 aliphatic carbocycles. The van der Waals surface area contributed by atoms with Crippen molar-refractivity contribution in [3.8, 4) is 5.75 Å². The van der Waals surface area contributed by atoms with E-state index >= 15 is 0 Å². The minimum atomic E-state index is -0.467. The van der Waals surface area contributed by atoms with Crippen molar-refractivity contribution in [2.24, 2.45) is 0 Å². The minimum absolute atomic E-state index is 0.102. The zero-order valence-electron chi connectivity index (χ0n) is 6.90. The van der Waals surface area contributed by atoms with Crippen LogP contribution < -0.4 is 4.74 Å². The van der Waals surface area contributed by atoms with Crippen molar-refractivity contribution in [3.63, 3.8) is 0 Å². The maximum Gasteiger partial charge on any atom is 0.133 e. The van der Waals surface area contributed by atoms with Gasteiger partial charge in [0, 0.05) is 5.33 Å². The van der Waals surface area contributed by atoms with Gasteiger partial charge in [-0.2, -0.15) is 0 Å². The molecule has 0 aromatic heterocycles. The lowest BCUT2D eigenvalue weighted by Gasteiger charge is -2.07. The van der Waals surface area contributed by atoms with E-state index in [0.29, 0.717) is 5.75 Å². The van der Waals surface area contributed by atoms with E-state index < -0.39 is 6.67 Å². The van der Waals surface area contributed by atoms with Gasteiger partial charge in [0.2, 0.25) is 0 Å². The number of hydrogen-bond acceptors (Lipinski definition) is 1. The van der Waals surface area contributed by atoms with Gasteiger partial charge >= 0.3 is 0 Å². The van der Waals surface area contributed by atoms with Crippen molar-refractivity contribution in [2.75, 3.05) is 13.3 Å². The van der Waals surface area contributed by atoms with Gasteiger partial charge in [-0.15, -0.1) is 0 Å². The zero-order chi connectivity index (χ0) is 9.68. The third-order valence-corrected chi connectivity index (χ3v) is 2.79. The molecule has 0 saturated heterocycles. The van der Waals surface area contributed by atoms with Gasteiger partial charge < -0.3 is 4.74 Å². The van der Waals surface area contributed by atoms with Crippen LogP contribution in [0.4, 0.5) is 4.39 Å². The fourth-order valence-electron chi connectivity index (χ4n) is 0.890. The molecule has 0 aliphatic rings. The van der Waals surface area contributed by atoms with Crippen molar-refractivity contribution < 1.29 is 9.13 Å². The Morgan fingerprint density at radius 3 is 2.77 bits per heavy atom. The molecule has 0 spiro atoms. The average Bonchev–Trinajstić information content (AvgIpc) is 2.17. The molecule has 0 bridgehead atoms. The lowest BCUT2D eigenvalue weighted by atomic mass is 10.2. The van der Waals surface area contributed by atoms with E-state index in [2.05, 4.69) is 31.9 Å². The molecule has 0 fully saturated rings. The van der Waals surface area contributed by atoms with Gasteiger partial charge in [0.05, 0.1) is 4.47 Å². The molecule has 4 heteroatoms. The lowest BCUT2D eigenvalue weighted by Crippen LogP contribution is -1.99. The molecule has 0 aliphatic heterocycles. The van der Waals surface area contributed by atoms with Crippen LogP contribution in [0.25, 0.3) is 0 Å². The molecular weight excluding hydrogens is 303 g/mol. The van der Waals surface area contributed by atoms with Crippen molar-refractivity contribution in [2.45, 2.75) is 5.33 Å². The van der Waals surface area contributed by atoms with Crippen LogP contribution in [0, 0.1) is 0 Å². The molecule has 0 heterocycles. The van der Waals surface area contributed by atoms with Gasteiger partial charge in [0.15, 0.2) is 0 Å². The Balaban J connectivity index is 2.78. The molecule has 0 radical (unpaired) electrons. The van der Waals surface area contributed by atoms with E-state index in [4.69, 9.17) is 4.74 Å². The van der Waals surface area contributed by atoms with Crippen LogP contribution in [0.2, 0.25) is 0 Å². The molecule has 0 N–H and O–H groups in total. The second-order valence-corrected chi connectivity index (χ2v) is 3.85. The van der Waals surface area contributed by atoms with Crippen LogP contribution in [-0.2, 0) is 5.33 Å². The number of ether oxygens (including phenoxy) is 1. The highest BCUT2D eigenvalue weighted by Crippen LogP contribution is 2.26. The summed E-state index contributed by atoms with van der Waals surface area (Å²) in [7, 11) is 0. The van der Waals surface area contributed by atoms with Gasteiger partial charge in [-0.25, -0.2) is 4.39 Å². The normalized spacial score (nSPS) is 10.1. The molecule has 1 aromatic carbocycles. The van der Waals surface area contributed by atoms with E-state index in [9.17, 15) is 4.39 Å². The SMILES string of the molecule is FCCOc1cc(CBr)ccc1Br. The predicted molar refractivity (Wildman–Crippen MR) is 58.2 cm³/mol. The molecule has 1 aromatic rings. The number of halogens is 3. The van der Waals surface area contributed by atoms with Crippen LogP contribution in [0.1, 0.15) is 5.56 Å². The van der Waals surface area contributed by atoms with Crippen molar-refractivity contribution in [1.29, 1.82) is 0 Å². The van der Waals surface area contributed by atoms with E-state index in [0.717, 1.165) is 15.4 Å². The molecule has 1 nitrogen and oxygen atoms in total. The Bertz CT molecular complexity index is 278. The highest BCUT2D eigenvalue weighted by atomic mass is 79.9. The van der Waals surface area contributed by atoms with Gasteiger partial charge in [-0.05, 0) is 33.6 Å². The van der Waals surface area contributed by atoms with E-state index in [-0.39, 0.29) is 6.61 Å². The first-order valence-corrected chi connectivity index (χ1v) is 5.72. The molecule has 0 atom stereocenters. The molecule has 0 unspecified atom stereocenters. The number of benzene rings is 1. The van der Waals surface area contributed by atoms with E-state index in [1.165, 1.54) is 0 Å². The zero-order valence-corrected chi connectivity index (χ0v) is 10.1. The summed E-state index contributed by atoms with van der Waals surface area (Å²) in [4.78, 5) is 0. The Morgan fingerprint density at radius 2 is 2.15 bits per heavy atom. The second kappa shape index (κ2) is 5.60. The van der Waals surface area contributed by atoms with Crippen LogP contribution in [-0.4, -0.2) is 13.3 Å². The average molecular weight is 312 g/mol. The molecule has 0 saturated carbocycles. The van der Waals surface area contributed by atoms with Crippen molar-refractivity contribution in [1.82, 2.24) is 0 Å². The summed E-state index contributed by atoms with van der Waals surface area (Å²) in [5.41, 5.74) is 1.11.